The molecule has 0 fully saturated rings. The van der Waals surface area contributed by atoms with Crippen LogP contribution in [0.2, 0.25) is 0 Å². The van der Waals surface area contributed by atoms with Crippen molar-refractivity contribution in [3.8, 4) is 0 Å². The second kappa shape index (κ2) is 8.29. The van der Waals surface area contributed by atoms with Crippen molar-refractivity contribution in [2.24, 2.45) is 5.73 Å². The van der Waals surface area contributed by atoms with Crippen LogP contribution < -0.4 is 5.73 Å². The molecular weight excluding hydrogens is 282 g/mol. The van der Waals surface area contributed by atoms with Crippen LogP contribution in [0.15, 0.2) is 12.4 Å². The van der Waals surface area contributed by atoms with E-state index in [9.17, 15) is 20.4 Å². The van der Waals surface area contributed by atoms with E-state index >= 15 is 0 Å². The minimum Gasteiger partial charge on any atom is -0.394 e. The van der Waals surface area contributed by atoms with Gasteiger partial charge >= 0.3 is 0 Å². The maximum Gasteiger partial charge on any atom is 0.115 e. The Morgan fingerprint density at radius 1 is 0.905 bits per heavy atom. The van der Waals surface area contributed by atoms with Gasteiger partial charge in [-0.3, -0.25) is 9.97 Å². The SMILES string of the molecule is N[C@H]([C@H](O)CO)[C@H](O)c1cnc(C[C@H](O)[C@H](O)CO)cn1. The second-order valence-electron chi connectivity index (χ2n) is 4.73. The van der Waals surface area contributed by atoms with Crippen molar-refractivity contribution in [3.63, 3.8) is 0 Å². The van der Waals surface area contributed by atoms with Gasteiger partial charge in [0, 0.05) is 12.6 Å². The topological polar surface area (TPSA) is 173 Å². The molecule has 0 bridgehead atoms. The minimum atomic E-state index is -1.30. The summed E-state index contributed by atoms with van der Waals surface area (Å²) in [5, 5.41) is 55.5. The highest BCUT2D eigenvalue weighted by Gasteiger charge is 2.25. The molecule has 8 N–H and O–H groups in total. The van der Waals surface area contributed by atoms with E-state index in [1.807, 2.05) is 0 Å². The summed E-state index contributed by atoms with van der Waals surface area (Å²) in [5.41, 5.74) is 6.01. The van der Waals surface area contributed by atoms with E-state index in [1.54, 1.807) is 0 Å². The van der Waals surface area contributed by atoms with Crippen LogP contribution in [0, 0.1) is 0 Å². The molecule has 0 saturated carbocycles. The molecule has 1 aromatic rings. The molecule has 0 saturated heterocycles. The highest BCUT2D eigenvalue weighted by Crippen LogP contribution is 2.15. The molecule has 0 amide bonds. The zero-order valence-corrected chi connectivity index (χ0v) is 11.3. The van der Waals surface area contributed by atoms with Gasteiger partial charge in [-0.25, -0.2) is 0 Å². The average molecular weight is 303 g/mol. The fourth-order valence-electron chi connectivity index (χ4n) is 1.62. The molecule has 21 heavy (non-hydrogen) atoms. The van der Waals surface area contributed by atoms with E-state index in [-0.39, 0.29) is 12.1 Å². The van der Waals surface area contributed by atoms with Crippen molar-refractivity contribution in [1.82, 2.24) is 9.97 Å². The molecule has 9 heteroatoms. The van der Waals surface area contributed by atoms with E-state index in [1.165, 1.54) is 12.4 Å². The normalized spacial score (nSPS) is 18.8. The standard InChI is InChI=1S/C12H21N3O6/c13-11(10(20)5-17)12(21)7-3-14-6(2-15-7)1-8(18)9(19)4-16/h2-3,8-12,16-21H,1,4-5,13H2/t8-,9+,10+,11+,12+/m0/s1. The predicted octanol–water partition coefficient (Wildman–Crippen LogP) is -3.55. The molecular formula is C12H21N3O6. The lowest BCUT2D eigenvalue weighted by atomic mass is 10.0. The molecule has 0 unspecified atom stereocenters. The van der Waals surface area contributed by atoms with Crippen molar-refractivity contribution in [3.05, 3.63) is 23.8 Å². The van der Waals surface area contributed by atoms with Crippen LogP contribution >= 0.6 is 0 Å². The quantitative estimate of drug-likeness (QED) is 0.256. The number of aliphatic hydroxyl groups is 6. The fraction of sp³-hybridized carbons (Fsp3) is 0.667. The number of aromatic nitrogens is 2. The summed E-state index contributed by atoms with van der Waals surface area (Å²) < 4.78 is 0. The van der Waals surface area contributed by atoms with Gasteiger partial charge in [0.05, 0.1) is 49.0 Å². The second-order valence-corrected chi connectivity index (χ2v) is 4.73. The van der Waals surface area contributed by atoms with Crippen molar-refractivity contribution in [2.75, 3.05) is 13.2 Å². The van der Waals surface area contributed by atoms with Crippen molar-refractivity contribution >= 4 is 0 Å². The number of hydrogen-bond donors (Lipinski definition) is 7. The Hall–Kier alpha value is -1.20. The fourth-order valence-corrected chi connectivity index (χ4v) is 1.62. The number of hydrogen-bond acceptors (Lipinski definition) is 9. The van der Waals surface area contributed by atoms with Gasteiger partial charge in [0.25, 0.3) is 0 Å². The Morgan fingerprint density at radius 3 is 2.00 bits per heavy atom. The van der Waals surface area contributed by atoms with Crippen LogP contribution in [-0.4, -0.2) is 78.2 Å². The molecule has 9 nitrogen and oxygen atoms in total. The largest absolute Gasteiger partial charge is 0.394 e. The molecule has 5 atom stereocenters. The first-order valence-corrected chi connectivity index (χ1v) is 6.41. The molecule has 1 rings (SSSR count). The lowest BCUT2D eigenvalue weighted by Crippen LogP contribution is -2.42. The summed E-state index contributed by atoms with van der Waals surface area (Å²) in [6, 6.07) is -1.11. The van der Waals surface area contributed by atoms with Gasteiger partial charge in [0.1, 0.15) is 12.2 Å². The lowest BCUT2D eigenvalue weighted by Gasteiger charge is -2.22. The summed E-state index contributed by atoms with van der Waals surface area (Å²) in [5.74, 6) is 0. The van der Waals surface area contributed by atoms with E-state index < -0.39 is 43.7 Å². The van der Waals surface area contributed by atoms with Crippen LogP contribution in [0.4, 0.5) is 0 Å². The molecule has 120 valence electrons. The highest BCUT2D eigenvalue weighted by atomic mass is 16.4. The summed E-state index contributed by atoms with van der Waals surface area (Å²) in [6.07, 6.45) is -2.56. The van der Waals surface area contributed by atoms with Crippen LogP contribution in [0.1, 0.15) is 17.5 Å². The zero-order chi connectivity index (χ0) is 16.0. The van der Waals surface area contributed by atoms with Crippen molar-refractivity contribution < 1.29 is 30.6 Å². The maximum atomic E-state index is 9.87. The van der Waals surface area contributed by atoms with E-state index in [0.717, 1.165) is 0 Å². The van der Waals surface area contributed by atoms with Crippen molar-refractivity contribution in [1.29, 1.82) is 0 Å². The number of aliphatic hydroxyl groups excluding tert-OH is 6. The third-order valence-corrected chi connectivity index (χ3v) is 3.07. The van der Waals surface area contributed by atoms with Gasteiger partial charge in [-0.15, -0.1) is 0 Å². The van der Waals surface area contributed by atoms with Gasteiger partial charge < -0.3 is 36.4 Å². The third-order valence-electron chi connectivity index (χ3n) is 3.07. The van der Waals surface area contributed by atoms with E-state index in [2.05, 4.69) is 9.97 Å². The van der Waals surface area contributed by atoms with Gasteiger partial charge in [0.2, 0.25) is 0 Å². The van der Waals surface area contributed by atoms with Gasteiger partial charge in [-0.1, -0.05) is 0 Å². The molecule has 0 radical (unpaired) electrons. The molecule has 0 aliphatic carbocycles. The maximum absolute atomic E-state index is 9.87. The summed E-state index contributed by atoms with van der Waals surface area (Å²) in [4.78, 5) is 7.86. The van der Waals surface area contributed by atoms with Crippen LogP contribution in [0.25, 0.3) is 0 Å². The Labute approximate surface area is 121 Å². The number of nitrogens with two attached hydrogens (primary N) is 1. The number of rotatable bonds is 8. The van der Waals surface area contributed by atoms with Crippen molar-refractivity contribution in [2.45, 2.75) is 36.9 Å². The van der Waals surface area contributed by atoms with Gasteiger partial charge in [-0.2, -0.15) is 0 Å². The molecule has 0 aromatic carbocycles. The Bertz CT molecular complexity index is 418. The van der Waals surface area contributed by atoms with Crippen LogP contribution in [-0.2, 0) is 6.42 Å². The highest BCUT2D eigenvalue weighted by molar-refractivity contribution is 5.08. The molecule has 0 aliphatic rings. The predicted molar refractivity (Wildman–Crippen MR) is 70.9 cm³/mol. The summed E-state index contributed by atoms with van der Waals surface area (Å²) in [7, 11) is 0. The summed E-state index contributed by atoms with van der Waals surface area (Å²) in [6.45, 7) is -1.16. The Morgan fingerprint density at radius 2 is 1.52 bits per heavy atom. The minimum absolute atomic E-state index is 0.0174. The van der Waals surface area contributed by atoms with E-state index in [4.69, 9.17) is 15.9 Å². The third kappa shape index (κ3) is 4.93. The Balaban J connectivity index is 2.69. The molecule has 0 aliphatic heterocycles. The molecule has 1 aromatic heterocycles. The van der Waals surface area contributed by atoms with Gasteiger partial charge in [-0.05, 0) is 0 Å². The van der Waals surface area contributed by atoms with E-state index in [0.29, 0.717) is 5.69 Å². The molecule has 0 spiro atoms. The van der Waals surface area contributed by atoms with Crippen LogP contribution in [0.5, 0.6) is 0 Å². The Kier molecular flexibility index (Phi) is 7.05. The average Bonchev–Trinajstić information content (AvgIpc) is 2.52. The first-order chi connectivity index (χ1) is 9.90. The monoisotopic (exact) mass is 303 g/mol. The smallest absolute Gasteiger partial charge is 0.115 e. The summed E-state index contributed by atoms with van der Waals surface area (Å²) >= 11 is 0. The number of nitrogens with zero attached hydrogens (tertiary/aromatic N) is 2. The lowest BCUT2D eigenvalue weighted by molar-refractivity contribution is -0.0137. The first kappa shape index (κ1) is 17.9. The van der Waals surface area contributed by atoms with Crippen LogP contribution in [0.3, 0.4) is 0 Å². The zero-order valence-electron chi connectivity index (χ0n) is 11.3. The molecule has 1 heterocycles. The first-order valence-electron chi connectivity index (χ1n) is 6.41. The van der Waals surface area contributed by atoms with Gasteiger partial charge in [0.15, 0.2) is 0 Å².